The molecule has 5 saturated carbocycles. The van der Waals surface area contributed by atoms with Crippen molar-refractivity contribution in [3.63, 3.8) is 0 Å². The van der Waals surface area contributed by atoms with E-state index in [0.717, 1.165) is 77.0 Å². The Morgan fingerprint density at radius 3 is 1.13 bits per heavy atom. The first-order valence-corrected chi connectivity index (χ1v) is 49.6. The van der Waals surface area contributed by atoms with E-state index in [-0.39, 0.29) is 155 Å². The number of aliphatic hydroxyl groups excluding tert-OH is 16. The van der Waals surface area contributed by atoms with Gasteiger partial charge in [0.15, 0.2) is 35.7 Å². The summed E-state index contributed by atoms with van der Waals surface area (Å²) >= 11 is 10.1. The number of hydroxylamine groups is 5. The number of hydrogen-bond donors (Lipinski definition) is 23. The monoisotopic (exact) mass is 1800 g/mol. The molecule has 0 spiro atoms. The minimum absolute atomic E-state index is 0.0406. The van der Waals surface area contributed by atoms with Crippen LogP contribution >= 0.6 is 47.8 Å². The second-order valence-electron chi connectivity index (χ2n) is 30.4. The highest BCUT2D eigenvalue weighted by Crippen LogP contribution is 2.41. The third-order valence-electron chi connectivity index (χ3n) is 19.3. The lowest BCUT2D eigenvalue weighted by Gasteiger charge is -2.45. The lowest BCUT2D eigenvalue weighted by molar-refractivity contribution is -0.197. The maximum Gasteiger partial charge on any atom is 0.330 e. The van der Waals surface area contributed by atoms with Gasteiger partial charge in [-0.25, -0.2) is 4.79 Å². The van der Waals surface area contributed by atoms with Crippen molar-refractivity contribution in [3.8, 4) is 11.5 Å². The van der Waals surface area contributed by atoms with Crippen LogP contribution in [0.1, 0.15) is 107 Å². The van der Waals surface area contributed by atoms with Crippen molar-refractivity contribution in [2.24, 2.45) is 64.2 Å². The quantitative estimate of drug-likeness (QED) is 0.0213. The average molecular weight is 1800 g/mol. The van der Waals surface area contributed by atoms with Gasteiger partial charge in [-0.2, -0.15) is 15.6 Å². The highest BCUT2D eigenvalue weighted by atomic mass is 79.9. The number of nitrogens with one attached hydrogen (secondary N) is 1. The predicted octanol–water partition coefficient (Wildman–Crippen LogP) is 2.75. The van der Waals surface area contributed by atoms with Crippen LogP contribution in [0.3, 0.4) is 0 Å². The largest absolute Gasteiger partial charge is 0.504 e. The predicted molar refractivity (Wildman–Crippen MR) is 419 cm³/mol. The fourth-order valence-corrected chi connectivity index (χ4v) is 18.1. The molecular formula is C69H131Br3N4O29Si3. The number of phenols is 2. The maximum atomic E-state index is 11.5. The van der Waals surface area contributed by atoms with Gasteiger partial charge in [0.05, 0.1) is 50.7 Å². The fourth-order valence-electron chi connectivity index (χ4n) is 13.4. The van der Waals surface area contributed by atoms with Crippen LogP contribution in [0.25, 0.3) is 0 Å². The molecule has 14 unspecified atom stereocenters. The van der Waals surface area contributed by atoms with Gasteiger partial charge in [0.1, 0.15) is 0 Å². The van der Waals surface area contributed by atoms with Crippen LogP contribution in [-0.4, -0.2) is 315 Å². The van der Waals surface area contributed by atoms with E-state index in [9.17, 15) is 75.3 Å². The normalized spacial score (nSPS) is 26.7. The van der Waals surface area contributed by atoms with Crippen LogP contribution in [-0.2, 0) is 46.0 Å². The van der Waals surface area contributed by atoms with Crippen LogP contribution in [0.5, 0.6) is 11.5 Å². The molecule has 1 aromatic rings. The Balaban J connectivity index is 0.00000126. The Kier molecular flexibility index (Phi) is 54.0. The fraction of sp³-hybridized carbons (Fsp3) is 0.841. The number of rotatable bonds is 32. The van der Waals surface area contributed by atoms with Crippen molar-refractivity contribution in [2.75, 3.05) is 92.5 Å². The number of phenolic OH excluding ortho intramolecular Hbond substituents is 2. The number of carbonyl (C=O) groups is 4. The summed E-state index contributed by atoms with van der Waals surface area (Å²) in [6.45, 7) is 14.9. The zero-order valence-corrected chi connectivity index (χ0v) is 71.8. The van der Waals surface area contributed by atoms with Gasteiger partial charge in [0.2, 0.25) is 25.0 Å². The molecule has 108 heavy (non-hydrogen) atoms. The van der Waals surface area contributed by atoms with E-state index in [1.807, 2.05) is 58.9 Å². The standard InChI is InChI=1S/2C14H29NO6Si.C11H19NO5.C8H9BrO4.2C8H15BrO2.C6H15NO4Si/c2*1-22(2,3)21-15(13(9-18)14(19)20)12-6-4-5-10(7-16)11(12)8-17;13-4-7-2-1-3-9(8(7)5-14)12-10(6-15)11(16)17;9-7-5(3-11)4(2-10)1-6(12)8(7)13;2*9-8-3-1-2-6(4-10)7(8)5-11;1-12(2,3)11-7-5(4-8)6(9)10/h2*10-13,16-18H,4-9H2,1-3H3,(H,19,20);7-8,10,13-15H,1-6H2,(H,16,17);1,10-13H,2-3H2;2*6-8,10-11H,1-5H2;5,7-8H,4H2,1-3H3,(H,9,10)/t2*10?,11?,12?,13-;7?,8?,10-;;;;5-/m000...0/s1. The molecular weight excluding hydrogens is 1670 g/mol. The first-order valence-electron chi connectivity index (χ1n) is 36.8. The zero-order chi connectivity index (χ0) is 83.0. The molecule has 0 heterocycles. The van der Waals surface area contributed by atoms with Crippen LogP contribution in [0.15, 0.2) is 15.5 Å². The molecule has 33 nitrogen and oxygen atoms in total. The van der Waals surface area contributed by atoms with Crippen LogP contribution in [0.4, 0.5) is 0 Å². The molecule has 6 rings (SSSR count). The molecule has 5 aliphatic carbocycles. The first-order chi connectivity index (χ1) is 50.7. The minimum Gasteiger partial charge on any atom is -0.504 e. The van der Waals surface area contributed by atoms with Crippen molar-refractivity contribution < 1.29 is 145 Å². The van der Waals surface area contributed by atoms with Gasteiger partial charge >= 0.3 is 23.9 Å². The third-order valence-corrected chi connectivity index (χ3v) is 24.6. The van der Waals surface area contributed by atoms with Crippen molar-refractivity contribution in [1.82, 2.24) is 15.6 Å². The van der Waals surface area contributed by atoms with Gasteiger partial charge in [0.25, 0.3) is 0 Å². The molecule has 0 aromatic heterocycles. The molecule has 0 saturated heterocycles. The summed E-state index contributed by atoms with van der Waals surface area (Å²) in [5, 5.41) is 204. The van der Waals surface area contributed by atoms with Crippen LogP contribution in [0.2, 0.25) is 58.9 Å². The number of halogens is 3. The Labute approximate surface area is 663 Å². The Bertz CT molecular complexity index is 2600. The maximum absolute atomic E-state index is 11.5. The highest BCUT2D eigenvalue weighted by molar-refractivity contribution is 9.10. The molecule has 39 heteroatoms. The van der Waals surface area contributed by atoms with E-state index in [1.165, 1.54) is 16.2 Å². The number of aromatic hydroxyl groups is 2. The summed E-state index contributed by atoms with van der Waals surface area (Å²) in [4.78, 5) is 48.9. The molecule has 18 atom stereocenters. The molecule has 0 amide bonds. The van der Waals surface area contributed by atoms with Gasteiger partial charge in [-0.15, -0.1) is 0 Å². The van der Waals surface area contributed by atoms with Gasteiger partial charge in [-0.05, 0) is 199 Å². The SMILES string of the molecule is C[Si](C)(C)ON(C1CCCC(CO)C1CO)[C@@H](CO)C(=O)O.C[Si](C)(C)ON(C1CCCC(CO)C1CO)[C@@H](CO)C(=O)O.C[Si](C)(C)ON[C@@H](CO)C(=O)O.O=C(O)[C@H](CO)N=C1CCCC(CO)C1CO.OCC1CCCC(Br)C1CO.OCC1CCCC(Br)C1CO.OCc1cc(O)c(O)c(Br)c1CO. The summed E-state index contributed by atoms with van der Waals surface area (Å²) in [6, 6.07) is -3.96. The minimum atomic E-state index is -2.10. The van der Waals surface area contributed by atoms with E-state index in [4.69, 9.17) is 69.8 Å². The molecule has 634 valence electrons. The van der Waals surface area contributed by atoms with E-state index in [1.54, 1.807) is 0 Å². The van der Waals surface area contributed by atoms with Crippen LogP contribution in [0, 0.1) is 59.2 Å². The molecule has 5 aliphatic rings. The van der Waals surface area contributed by atoms with E-state index < -0.39 is 99.4 Å². The van der Waals surface area contributed by atoms with Crippen molar-refractivity contribution in [3.05, 3.63) is 21.7 Å². The first kappa shape index (κ1) is 106. The highest BCUT2D eigenvalue weighted by Gasteiger charge is 2.45. The van der Waals surface area contributed by atoms with Crippen molar-refractivity contribution >= 4 is 102 Å². The lowest BCUT2D eigenvalue weighted by Crippen LogP contribution is -2.58. The van der Waals surface area contributed by atoms with Gasteiger partial charge in [0, 0.05) is 110 Å². The van der Waals surface area contributed by atoms with Gasteiger partial charge in [-0.1, -0.05) is 57.5 Å². The molecule has 0 bridgehead atoms. The van der Waals surface area contributed by atoms with Gasteiger partial charge < -0.3 is 126 Å². The summed E-state index contributed by atoms with van der Waals surface area (Å²) in [7, 11) is -5.96. The van der Waals surface area contributed by atoms with Crippen molar-refractivity contribution in [2.45, 2.75) is 214 Å². The topological polar surface area (TPSA) is 572 Å². The molecule has 1 aromatic carbocycles. The van der Waals surface area contributed by atoms with E-state index in [0.29, 0.717) is 57.6 Å². The van der Waals surface area contributed by atoms with Crippen molar-refractivity contribution in [1.29, 1.82) is 0 Å². The number of hydrogen-bond acceptors (Lipinski definition) is 29. The third kappa shape index (κ3) is 37.0. The summed E-state index contributed by atoms with van der Waals surface area (Å²) < 4.78 is 17.2. The number of nitrogens with zero attached hydrogens (tertiary/aromatic N) is 3. The second kappa shape index (κ2) is 55.2. The Hall–Kier alpha value is -2.42. The summed E-state index contributed by atoms with van der Waals surface area (Å²) in [5.41, 5.74) is 3.67. The molecule has 5 fully saturated rings. The number of aliphatic carboxylic acids is 4. The summed E-state index contributed by atoms with van der Waals surface area (Å²) in [6.07, 6.45) is 13.6. The van der Waals surface area contributed by atoms with E-state index >= 15 is 0 Å². The number of carboxylic acid groups (broad SMARTS) is 4. The van der Waals surface area contributed by atoms with Crippen LogP contribution < -0.4 is 5.48 Å². The molecule has 23 N–H and O–H groups in total. The smallest absolute Gasteiger partial charge is 0.330 e. The number of aliphatic imine (C=N–C) groups is 1. The Morgan fingerprint density at radius 2 is 0.852 bits per heavy atom. The summed E-state index contributed by atoms with van der Waals surface area (Å²) in [5.74, 6) is -5.16. The molecule has 0 radical (unpaired) electrons. The average Bonchev–Trinajstić information content (AvgIpc) is 0.812. The number of carboxylic acids is 4. The Morgan fingerprint density at radius 1 is 0.472 bits per heavy atom. The van der Waals surface area contributed by atoms with Gasteiger partial charge in [-0.3, -0.25) is 19.4 Å². The second-order valence-corrected chi connectivity index (χ2v) is 46.8. The zero-order valence-electron chi connectivity index (χ0n) is 64.1. The molecule has 0 aliphatic heterocycles. The van der Waals surface area contributed by atoms with E-state index in [2.05, 4.69) is 58.3 Å². The number of aliphatic hydroxyl groups is 16. The number of alkyl halides is 2. The lowest BCUT2D eigenvalue weighted by atomic mass is 9.76. The number of benzene rings is 1.